The zero-order valence-electron chi connectivity index (χ0n) is 16.2. The summed E-state index contributed by atoms with van der Waals surface area (Å²) in [6.45, 7) is 4.62. The molecule has 0 saturated heterocycles. The highest BCUT2D eigenvalue weighted by Crippen LogP contribution is 2.16. The van der Waals surface area contributed by atoms with E-state index < -0.39 is 0 Å². The summed E-state index contributed by atoms with van der Waals surface area (Å²) in [6, 6.07) is 13.2. The van der Waals surface area contributed by atoms with Crippen molar-refractivity contribution in [3.8, 4) is 0 Å². The monoisotopic (exact) mass is 389 g/mol. The van der Waals surface area contributed by atoms with Crippen molar-refractivity contribution in [3.05, 3.63) is 70.5 Å². The molecule has 0 spiro atoms. The van der Waals surface area contributed by atoms with Crippen LogP contribution in [0.2, 0.25) is 0 Å². The molecule has 0 aliphatic carbocycles. The third-order valence-electron chi connectivity index (χ3n) is 4.01. The molecule has 0 amide bonds. The topological polar surface area (TPSA) is 45.7 Å². The minimum atomic E-state index is -0.194. The lowest BCUT2D eigenvalue weighted by atomic mass is 10.1. The summed E-state index contributed by atoms with van der Waals surface area (Å²) in [5.41, 5.74) is 4.38. The molecule has 2 N–H and O–H groups in total. The van der Waals surface area contributed by atoms with Gasteiger partial charge in [0.05, 0.1) is 13.2 Å². The Morgan fingerprint density at radius 3 is 2.48 bits per heavy atom. The maximum atomic E-state index is 13.5. The molecule has 4 nitrogen and oxygen atoms in total. The van der Waals surface area contributed by atoms with Crippen molar-refractivity contribution < 1.29 is 9.13 Å². The fourth-order valence-electron chi connectivity index (χ4n) is 2.66. The third kappa shape index (κ3) is 7.23. The van der Waals surface area contributed by atoms with Crippen molar-refractivity contribution in [1.29, 1.82) is 0 Å². The van der Waals surface area contributed by atoms with Crippen molar-refractivity contribution in [3.63, 3.8) is 0 Å². The summed E-state index contributed by atoms with van der Waals surface area (Å²) in [7, 11) is 1.69. The average Bonchev–Trinajstić information content (AvgIpc) is 2.67. The Hall–Kier alpha value is -2.05. The summed E-state index contributed by atoms with van der Waals surface area (Å²) in [4.78, 5) is 4.65. The first-order valence-corrected chi connectivity index (χ1v) is 10.4. The fraction of sp³-hybridized carbons (Fsp3) is 0.381. The second-order valence-corrected chi connectivity index (χ2v) is 7.01. The Balaban J connectivity index is 2.01. The second kappa shape index (κ2) is 11.6. The molecule has 0 aromatic heterocycles. The minimum absolute atomic E-state index is 0.194. The van der Waals surface area contributed by atoms with Crippen molar-refractivity contribution >= 4 is 17.7 Å². The van der Waals surface area contributed by atoms with E-state index in [-0.39, 0.29) is 5.82 Å². The molecule has 0 heterocycles. The summed E-state index contributed by atoms with van der Waals surface area (Å²) < 4.78 is 18.6. The SMILES string of the molecule is CCNC(=NCc1ccc(COC)cc1)NCc1ccc(F)cc1CSC. The van der Waals surface area contributed by atoms with Gasteiger partial charge < -0.3 is 15.4 Å². The molecule has 0 aliphatic rings. The van der Waals surface area contributed by atoms with Gasteiger partial charge in [-0.2, -0.15) is 11.8 Å². The summed E-state index contributed by atoms with van der Waals surface area (Å²) in [5, 5.41) is 6.60. The zero-order valence-corrected chi connectivity index (χ0v) is 17.0. The number of aliphatic imine (C=N–C) groups is 1. The molecule has 0 bridgehead atoms. The van der Waals surface area contributed by atoms with Crippen molar-refractivity contribution in [2.75, 3.05) is 19.9 Å². The van der Waals surface area contributed by atoms with E-state index in [1.54, 1.807) is 24.9 Å². The molecule has 2 aromatic rings. The molecule has 0 atom stereocenters. The van der Waals surface area contributed by atoms with Crippen LogP contribution in [-0.2, 0) is 30.2 Å². The molecule has 146 valence electrons. The van der Waals surface area contributed by atoms with Crippen molar-refractivity contribution in [1.82, 2.24) is 10.6 Å². The number of ether oxygens (including phenoxy) is 1. The number of nitrogens with zero attached hydrogens (tertiary/aromatic N) is 1. The van der Waals surface area contributed by atoms with Crippen LogP contribution in [0.4, 0.5) is 4.39 Å². The molecule has 0 saturated carbocycles. The number of methoxy groups -OCH3 is 1. The number of hydrogen-bond donors (Lipinski definition) is 2. The van der Waals surface area contributed by atoms with Gasteiger partial charge in [0.25, 0.3) is 0 Å². The van der Waals surface area contributed by atoms with Gasteiger partial charge in [-0.15, -0.1) is 0 Å². The standard InChI is InChI=1S/C21H28FN3OS/c1-4-23-21(24-12-16-5-7-17(8-6-16)14-26-2)25-13-18-9-10-20(22)11-19(18)15-27-3/h5-11H,4,12-15H2,1-3H3,(H2,23,24,25). The minimum Gasteiger partial charge on any atom is -0.380 e. The van der Waals surface area contributed by atoms with Gasteiger partial charge in [-0.1, -0.05) is 30.3 Å². The van der Waals surface area contributed by atoms with Crippen LogP contribution in [-0.4, -0.2) is 25.9 Å². The highest BCUT2D eigenvalue weighted by molar-refractivity contribution is 7.97. The lowest BCUT2D eigenvalue weighted by Crippen LogP contribution is -2.37. The van der Waals surface area contributed by atoms with Crippen LogP contribution in [0.25, 0.3) is 0 Å². The predicted octanol–water partition coefficient (Wildman–Crippen LogP) is 4.09. The van der Waals surface area contributed by atoms with Gasteiger partial charge >= 0.3 is 0 Å². The molecular formula is C21H28FN3OS. The highest BCUT2D eigenvalue weighted by Gasteiger charge is 2.05. The average molecular weight is 390 g/mol. The van der Waals surface area contributed by atoms with Gasteiger partial charge in [-0.3, -0.25) is 0 Å². The van der Waals surface area contributed by atoms with Crippen LogP contribution in [0, 0.1) is 5.82 Å². The molecule has 2 rings (SSSR count). The number of guanidine groups is 1. The van der Waals surface area contributed by atoms with Crippen LogP contribution in [0.15, 0.2) is 47.5 Å². The van der Waals surface area contributed by atoms with Gasteiger partial charge in [0, 0.05) is 26.0 Å². The predicted molar refractivity (Wildman–Crippen MR) is 112 cm³/mol. The van der Waals surface area contributed by atoms with E-state index in [4.69, 9.17) is 4.74 Å². The Morgan fingerprint density at radius 1 is 1.07 bits per heavy atom. The second-order valence-electron chi connectivity index (χ2n) is 6.14. The highest BCUT2D eigenvalue weighted by atomic mass is 32.2. The summed E-state index contributed by atoms with van der Waals surface area (Å²) >= 11 is 1.68. The Morgan fingerprint density at radius 2 is 1.81 bits per heavy atom. The fourth-order valence-corrected chi connectivity index (χ4v) is 3.24. The van der Waals surface area contributed by atoms with Crippen LogP contribution in [0.3, 0.4) is 0 Å². The molecule has 2 aromatic carbocycles. The molecule has 0 aliphatic heterocycles. The number of thioether (sulfide) groups is 1. The van der Waals surface area contributed by atoms with Crippen molar-refractivity contribution in [2.24, 2.45) is 4.99 Å². The van der Waals surface area contributed by atoms with E-state index in [9.17, 15) is 4.39 Å². The summed E-state index contributed by atoms with van der Waals surface area (Å²) in [5.74, 6) is 1.34. The Labute approximate surface area is 165 Å². The van der Waals surface area contributed by atoms with E-state index in [0.717, 1.165) is 40.5 Å². The zero-order chi connectivity index (χ0) is 19.5. The molecule has 27 heavy (non-hydrogen) atoms. The first-order chi connectivity index (χ1) is 13.2. The Bertz CT molecular complexity index is 735. The number of hydrogen-bond acceptors (Lipinski definition) is 3. The van der Waals surface area contributed by atoms with E-state index in [1.807, 2.05) is 19.2 Å². The number of nitrogens with one attached hydrogen (secondary N) is 2. The molecule has 0 radical (unpaired) electrons. The first kappa shape index (κ1) is 21.3. The molecule has 6 heteroatoms. The van der Waals surface area contributed by atoms with E-state index in [0.29, 0.717) is 19.7 Å². The van der Waals surface area contributed by atoms with Gasteiger partial charge in [0.15, 0.2) is 5.96 Å². The molecule has 0 unspecified atom stereocenters. The molecule has 0 fully saturated rings. The number of rotatable bonds is 9. The smallest absolute Gasteiger partial charge is 0.191 e. The van der Waals surface area contributed by atoms with Crippen LogP contribution < -0.4 is 10.6 Å². The first-order valence-electron chi connectivity index (χ1n) is 9.01. The lowest BCUT2D eigenvalue weighted by molar-refractivity contribution is 0.185. The van der Waals surface area contributed by atoms with Gasteiger partial charge in [-0.25, -0.2) is 9.38 Å². The Kier molecular flexibility index (Phi) is 9.15. The molecular weight excluding hydrogens is 361 g/mol. The normalized spacial score (nSPS) is 11.5. The van der Waals surface area contributed by atoms with Crippen LogP contribution in [0.1, 0.15) is 29.2 Å². The lowest BCUT2D eigenvalue weighted by Gasteiger charge is -2.14. The van der Waals surface area contributed by atoms with E-state index >= 15 is 0 Å². The van der Waals surface area contributed by atoms with E-state index in [1.165, 1.54) is 6.07 Å². The van der Waals surface area contributed by atoms with Crippen LogP contribution in [0.5, 0.6) is 0 Å². The van der Waals surface area contributed by atoms with E-state index in [2.05, 4.69) is 39.9 Å². The number of benzene rings is 2. The maximum Gasteiger partial charge on any atom is 0.191 e. The summed E-state index contributed by atoms with van der Waals surface area (Å²) in [6.07, 6.45) is 2.02. The maximum absolute atomic E-state index is 13.5. The quantitative estimate of drug-likeness (QED) is 0.501. The van der Waals surface area contributed by atoms with Crippen LogP contribution >= 0.6 is 11.8 Å². The largest absolute Gasteiger partial charge is 0.380 e. The van der Waals surface area contributed by atoms with Gasteiger partial charge in [0.1, 0.15) is 5.82 Å². The van der Waals surface area contributed by atoms with Gasteiger partial charge in [-0.05, 0) is 47.6 Å². The third-order valence-corrected chi connectivity index (χ3v) is 4.61. The van der Waals surface area contributed by atoms with Gasteiger partial charge in [0.2, 0.25) is 0 Å². The number of halogens is 1. The van der Waals surface area contributed by atoms with Crippen molar-refractivity contribution in [2.45, 2.75) is 32.4 Å².